The van der Waals surface area contributed by atoms with E-state index in [2.05, 4.69) is 5.32 Å². The van der Waals surface area contributed by atoms with Gasteiger partial charge in [0, 0.05) is 6.04 Å². The van der Waals surface area contributed by atoms with Crippen molar-refractivity contribution in [2.75, 3.05) is 0 Å². The van der Waals surface area contributed by atoms with Crippen LogP contribution in [0.4, 0.5) is 8.78 Å². The smallest absolute Gasteiger partial charge is 0.315 e. The highest BCUT2D eigenvalue weighted by Crippen LogP contribution is 2.36. The van der Waals surface area contributed by atoms with Gasteiger partial charge in [0.1, 0.15) is 0 Å². The van der Waals surface area contributed by atoms with Gasteiger partial charge in [-0.1, -0.05) is 30.3 Å². The predicted octanol–water partition coefficient (Wildman–Crippen LogP) is 2.20. The SMILES string of the molecule is O=C(NC1CCC(O)(c2ccccc2)CC1)C(F)F. The van der Waals surface area contributed by atoms with E-state index in [-0.39, 0.29) is 6.04 Å². The third-order valence-corrected chi connectivity index (χ3v) is 3.67. The molecule has 1 fully saturated rings. The van der Waals surface area contributed by atoms with Crippen LogP contribution in [0.1, 0.15) is 31.2 Å². The highest BCUT2D eigenvalue weighted by molar-refractivity contribution is 5.79. The van der Waals surface area contributed by atoms with Gasteiger partial charge in [-0.2, -0.15) is 8.78 Å². The zero-order valence-electron chi connectivity index (χ0n) is 10.5. The lowest BCUT2D eigenvalue weighted by Crippen LogP contribution is -2.44. The lowest BCUT2D eigenvalue weighted by molar-refractivity contribution is -0.133. The second kappa shape index (κ2) is 5.65. The van der Waals surface area contributed by atoms with Crippen LogP contribution in [0, 0.1) is 0 Å². The number of hydrogen-bond acceptors (Lipinski definition) is 2. The summed E-state index contributed by atoms with van der Waals surface area (Å²) in [4.78, 5) is 10.9. The molecule has 1 saturated carbocycles. The van der Waals surface area contributed by atoms with Crippen LogP contribution in [0.15, 0.2) is 30.3 Å². The minimum Gasteiger partial charge on any atom is -0.385 e. The Labute approximate surface area is 110 Å². The van der Waals surface area contributed by atoms with E-state index in [0.717, 1.165) is 5.56 Å². The Morgan fingerprint density at radius 1 is 1.26 bits per heavy atom. The summed E-state index contributed by atoms with van der Waals surface area (Å²) >= 11 is 0. The Balaban J connectivity index is 1.94. The largest absolute Gasteiger partial charge is 0.385 e. The van der Waals surface area contributed by atoms with Crippen LogP contribution >= 0.6 is 0 Å². The fourth-order valence-electron chi connectivity index (χ4n) is 2.54. The molecular formula is C14H17F2NO2. The molecule has 0 unspecified atom stereocenters. The average molecular weight is 269 g/mol. The molecule has 5 heteroatoms. The molecule has 0 radical (unpaired) electrons. The minimum absolute atomic E-state index is 0.273. The molecule has 0 aromatic heterocycles. The number of rotatable bonds is 3. The van der Waals surface area contributed by atoms with Gasteiger partial charge in [-0.05, 0) is 31.2 Å². The molecule has 1 aromatic rings. The summed E-state index contributed by atoms with van der Waals surface area (Å²) in [6.07, 6.45) is -1.04. The third kappa shape index (κ3) is 3.29. The van der Waals surface area contributed by atoms with E-state index in [1.807, 2.05) is 30.3 Å². The summed E-state index contributed by atoms with van der Waals surface area (Å²) in [6.45, 7) is 0. The topological polar surface area (TPSA) is 49.3 Å². The molecule has 104 valence electrons. The highest BCUT2D eigenvalue weighted by atomic mass is 19.3. The van der Waals surface area contributed by atoms with E-state index < -0.39 is 17.9 Å². The van der Waals surface area contributed by atoms with Crippen molar-refractivity contribution in [1.82, 2.24) is 5.32 Å². The quantitative estimate of drug-likeness (QED) is 0.883. The van der Waals surface area contributed by atoms with E-state index in [4.69, 9.17) is 0 Å². The van der Waals surface area contributed by atoms with Crippen molar-refractivity contribution in [3.05, 3.63) is 35.9 Å². The van der Waals surface area contributed by atoms with Crippen LogP contribution in [0.5, 0.6) is 0 Å². The summed E-state index contributed by atoms with van der Waals surface area (Å²) in [5, 5.41) is 12.9. The molecule has 1 aliphatic carbocycles. The van der Waals surface area contributed by atoms with Crippen molar-refractivity contribution in [2.24, 2.45) is 0 Å². The van der Waals surface area contributed by atoms with E-state index >= 15 is 0 Å². The lowest BCUT2D eigenvalue weighted by Gasteiger charge is -2.36. The summed E-state index contributed by atoms with van der Waals surface area (Å²) in [5.74, 6) is -1.23. The molecule has 3 nitrogen and oxygen atoms in total. The van der Waals surface area contributed by atoms with Gasteiger partial charge in [0.15, 0.2) is 0 Å². The molecule has 1 aromatic carbocycles. The number of carbonyl (C=O) groups excluding carboxylic acids is 1. The Kier molecular flexibility index (Phi) is 4.14. The number of benzene rings is 1. The van der Waals surface area contributed by atoms with Gasteiger partial charge in [0.05, 0.1) is 5.60 Å². The summed E-state index contributed by atoms with van der Waals surface area (Å²) < 4.78 is 24.3. The Morgan fingerprint density at radius 2 is 1.84 bits per heavy atom. The molecule has 0 spiro atoms. The predicted molar refractivity (Wildman–Crippen MR) is 66.7 cm³/mol. The van der Waals surface area contributed by atoms with Gasteiger partial charge in [-0.25, -0.2) is 0 Å². The van der Waals surface area contributed by atoms with Crippen LogP contribution < -0.4 is 5.32 Å². The van der Waals surface area contributed by atoms with E-state index in [9.17, 15) is 18.7 Å². The van der Waals surface area contributed by atoms with Gasteiger partial charge in [-0.15, -0.1) is 0 Å². The molecule has 19 heavy (non-hydrogen) atoms. The first-order valence-electron chi connectivity index (χ1n) is 6.38. The third-order valence-electron chi connectivity index (χ3n) is 3.67. The number of amides is 1. The summed E-state index contributed by atoms with van der Waals surface area (Å²) in [7, 11) is 0. The van der Waals surface area contributed by atoms with Crippen molar-refractivity contribution in [3.63, 3.8) is 0 Å². The van der Waals surface area contributed by atoms with Crippen molar-refractivity contribution in [1.29, 1.82) is 0 Å². The van der Waals surface area contributed by atoms with Crippen molar-refractivity contribution >= 4 is 5.91 Å². The molecule has 0 atom stereocenters. The van der Waals surface area contributed by atoms with Crippen LogP contribution in [0.2, 0.25) is 0 Å². The normalized spacial score (nSPS) is 27.3. The molecule has 1 amide bonds. The van der Waals surface area contributed by atoms with Gasteiger partial charge >= 0.3 is 6.43 Å². The fourth-order valence-corrected chi connectivity index (χ4v) is 2.54. The average Bonchev–Trinajstić information content (AvgIpc) is 2.42. The van der Waals surface area contributed by atoms with Gasteiger partial charge < -0.3 is 10.4 Å². The molecule has 0 heterocycles. The zero-order chi connectivity index (χ0) is 13.9. The Hall–Kier alpha value is -1.49. The molecule has 0 aliphatic heterocycles. The first kappa shape index (κ1) is 13.9. The maximum Gasteiger partial charge on any atom is 0.315 e. The van der Waals surface area contributed by atoms with E-state index in [1.54, 1.807) is 0 Å². The number of aliphatic hydroxyl groups is 1. The van der Waals surface area contributed by atoms with Crippen LogP contribution in [-0.2, 0) is 10.4 Å². The standard InChI is InChI=1S/C14H17F2NO2/c15-12(16)13(18)17-11-6-8-14(19,9-7-11)10-4-2-1-3-5-10/h1-5,11-12,19H,6-9H2,(H,17,18). The summed E-state index contributed by atoms with van der Waals surface area (Å²) in [5.41, 5.74) is -0.0681. The maximum atomic E-state index is 12.1. The van der Waals surface area contributed by atoms with Crippen molar-refractivity contribution in [3.8, 4) is 0 Å². The second-order valence-corrected chi connectivity index (χ2v) is 4.98. The maximum absolute atomic E-state index is 12.1. The number of carbonyl (C=O) groups is 1. The zero-order valence-corrected chi connectivity index (χ0v) is 10.5. The van der Waals surface area contributed by atoms with Crippen LogP contribution in [0.25, 0.3) is 0 Å². The number of halogens is 2. The van der Waals surface area contributed by atoms with Gasteiger partial charge in [0.25, 0.3) is 5.91 Å². The number of alkyl halides is 2. The Morgan fingerprint density at radius 3 is 2.37 bits per heavy atom. The van der Waals surface area contributed by atoms with Gasteiger partial charge in [0.2, 0.25) is 0 Å². The number of nitrogens with one attached hydrogen (secondary N) is 1. The Bertz CT molecular complexity index is 428. The molecule has 0 saturated heterocycles. The second-order valence-electron chi connectivity index (χ2n) is 4.98. The minimum atomic E-state index is -2.98. The summed E-state index contributed by atoms with van der Waals surface area (Å²) in [6, 6.07) is 9.04. The fraction of sp³-hybridized carbons (Fsp3) is 0.500. The lowest BCUT2D eigenvalue weighted by atomic mass is 9.78. The monoisotopic (exact) mass is 269 g/mol. The van der Waals surface area contributed by atoms with Crippen molar-refractivity contribution in [2.45, 2.75) is 43.8 Å². The first-order valence-corrected chi connectivity index (χ1v) is 6.38. The molecular weight excluding hydrogens is 252 g/mol. The molecule has 1 aliphatic rings. The highest BCUT2D eigenvalue weighted by Gasteiger charge is 2.35. The van der Waals surface area contributed by atoms with E-state index in [1.165, 1.54) is 0 Å². The van der Waals surface area contributed by atoms with Gasteiger partial charge in [-0.3, -0.25) is 4.79 Å². The van der Waals surface area contributed by atoms with E-state index in [0.29, 0.717) is 25.7 Å². The molecule has 2 N–H and O–H groups in total. The van der Waals surface area contributed by atoms with Crippen LogP contribution in [-0.4, -0.2) is 23.5 Å². The molecule has 2 rings (SSSR count). The molecule has 0 bridgehead atoms. The number of hydrogen-bond donors (Lipinski definition) is 2. The first-order chi connectivity index (χ1) is 9.01. The van der Waals surface area contributed by atoms with Crippen molar-refractivity contribution < 1.29 is 18.7 Å². The van der Waals surface area contributed by atoms with Crippen LogP contribution in [0.3, 0.4) is 0 Å².